The smallest absolute Gasteiger partial charge is 0.435 e. The number of carbonyl (C=O) groups is 1. The normalized spacial score (nSPS) is 15.2. The number of rotatable bonds is 7. The van der Waals surface area contributed by atoms with Gasteiger partial charge in [0.25, 0.3) is 17.7 Å². The van der Waals surface area contributed by atoms with Crippen molar-refractivity contribution in [3.8, 4) is 17.5 Å². The number of aromatic nitrogens is 3. The first kappa shape index (κ1) is 25.4. The van der Waals surface area contributed by atoms with E-state index in [1.807, 2.05) is 0 Å². The van der Waals surface area contributed by atoms with Crippen molar-refractivity contribution in [2.24, 2.45) is 0 Å². The average Bonchev–Trinajstić information content (AvgIpc) is 3.63. The summed E-state index contributed by atoms with van der Waals surface area (Å²) in [5, 5.41) is 9.27. The highest BCUT2D eigenvalue weighted by atomic mass is 32.2. The number of pyridine rings is 1. The maximum Gasteiger partial charge on any atom is 0.435 e. The van der Waals surface area contributed by atoms with Crippen molar-refractivity contribution in [3.63, 3.8) is 0 Å². The summed E-state index contributed by atoms with van der Waals surface area (Å²) in [6.45, 7) is 1.09. The van der Waals surface area contributed by atoms with Crippen molar-refractivity contribution in [3.05, 3.63) is 58.9 Å². The molecule has 2 aromatic heterocycles. The van der Waals surface area contributed by atoms with Crippen LogP contribution in [0.5, 0.6) is 17.5 Å². The summed E-state index contributed by atoms with van der Waals surface area (Å²) >= 11 is 0. The van der Waals surface area contributed by atoms with E-state index in [9.17, 15) is 22.2 Å². The number of hydrogen-bond donors (Lipinski definition) is 2. The molecule has 1 aromatic carbocycles. The van der Waals surface area contributed by atoms with Crippen LogP contribution in [-0.2, 0) is 15.9 Å². The predicted molar refractivity (Wildman–Crippen MR) is 124 cm³/mol. The van der Waals surface area contributed by atoms with Crippen LogP contribution >= 0.6 is 0 Å². The summed E-state index contributed by atoms with van der Waals surface area (Å²) in [7, 11) is -1.72. The van der Waals surface area contributed by atoms with Crippen LogP contribution in [0.25, 0.3) is 0 Å². The van der Waals surface area contributed by atoms with Crippen molar-refractivity contribution in [2.75, 3.05) is 18.7 Å². The average molecular weight is 522 g/mol. The molecule has 2 heterocycles. The van der Waals surface area contributed by atoms with Gasteiger partial charge in [-0.2, -0.15) is 13.2 Å². The molecule has 0 spiro atoms. The van der Waals surface area contributed by atoms with Gasteiger partial charge in [0, 0.05) is 28.5 Å². The molecule has 1 fully saturated rings. The highest BCUT2D eigenvalue weighted by Crippen LogP contribution is 2.42. The maximum atomic E-state index is 13.5. The number of nitrogens with one attached hydrogen (secondary N) is 2. The van der Waals surface area contributed by atoms with Gasteiger partial charge in [-0.25, -0.2) is 14.0 Å². The molecule has 3 aromatic rings. The van der Waals surface area contributed by atoms with Crippen LogP contribution in [0, 0.1) is 11.7 Å². The second-order valence-electron chi connectivity index (χ2n) is 8.30. The quantitative estimate of drug-likeness (QED) is 0.439. The Bertz CT molecular complexity index is 1440. The topological polar surface area (TPSA) is 127 Å². The van der Waals surface area contributed by atoms with Crippen LogP contribution in [-0.4, -0.2) is 38.7 Å². The fourth-order valence-corrected chi connectivity index (χ4v) is 4.18. The van der Waals surface area contributed by atoms with Gasteiger partial charge in [-0.3, -0.25) is 4.79 Å². The first-order valence-electron chi connectivity index (χ1n) is 10.7. The van der Waals surface area contributed by atoms with Crippen LogP contribution in [0.4, 0.5) is 18.9 Å². The maximum absolute atomic E-state index is 13.5. The summed E-state index contributed by atoms with van der Waals surface area (Å²) in [4.78, 5) is 17.7. The minimum atomic E-state index is -4.87. The van der Waals surface area contributed by atoms with E-state index in [1.165, 1.54) is 37.6 Å². The molecule has 9 nitrogen and oxygen atoms in total. The van der Waals surface area contributed by atoms with Gasteiger partial charge in [-0.05, 0) is 55.7 Å². The van der Waals surface area contributed by atoms with Crippen molar-refractivity contribution in [1.29, 1.82) is 4.78 Å². The molecule has 1 saturated carbocycles. The Morgan fingerprint density at radius 2 is 1.89 bits per heavy atom. The second kappa shape index (κ2) is 9.37. The first-order valence-corrected chi connectivity index (χ1v) is 12.7. The molecule has 4 rings (SSSR count). The van der Waals surface area contributed by atoms with Gasteiger partial charge >= 0.3 is 6.18 Å². The Morgan fingerprint density at radius 1 is 1.17 bits per heavy atom. The minimum absolute atomic E-state index is 0.0475. The van der Waals surface area contributed by atoms with E-state index in [2.05, 4.69) is 20.5 Å². The van der Waals surface area contributed by atoms with Crippen molar-refractivity contribution in [1.82, 2.24) is 15.2 Å². The Morgan fingerprint density at radius 3 is 2.50 bits per heavy atom. The number of anilines is 1. The molecule has 1 amide bonds. The molecule has 1 atom stereocenters. The molecule has 190 valence electrons. The van der Waals surface area contributed by atoms with Crippen LogP contribution in [0.1, 0.15) is 46.1 Å². The molecule has 0 saturated heterocycles. The Kier molecular flexibility index (Phi) is 6.60. The number of alkyl halides is 3. The number of hydrogen-bond acceptors (Lipinski definition) is 8. The van der Waals surface area contributed by atoms with Gasteiger partial charge in [-0.15, -0.1) is 10.2 Å². The van der Waals surface area contributed by atoms with Crippen LogP contribution in [0.2, 0.25) is 0 Å². The van der Waals surface area contributed by atoms with E-state index in [0.29, 0.717) is 5.92 Å². The van der Waals surface area contributed by atoms with E-state index in [1.54, 1.807) is 12.1 Å². The lowest BCUT2D eigenvalue weighted by Gasteiger charge is -2.17. The number of halogens is 3. The van der Waals surface area contributed by atoms with Crippen LogP contribution in [0.15, 0.2) is 41.3 Å². The lowest BCUT2D eigenvalue weighted by atomic mass is 10.1. The molecule has 13 heteroatoms. The SMILES string of the molecule is COc1nc(C2CC2)ccc1Oc1nnc(C(F)(F)F)c(C)c1C(=O)Nc1cccc(S(C)(=N)=O)c1. The fourth-order valence-electron chi connectivity index (χ4n) is 3.49. The number of benzene rings is 1. The molecular weight excluding hydrogens is 499 g/mol. The second-order valence-corrected chi connectivity index (χ2v) is 10.5. The number of nitrogens with zero attached hydrogens (tertiary/aromatic N) is 3. The minimum Gasteiger partial charge on any atom is -0.478 e. The van der Waals surface area contributed by atoms with Crippen molar-refractivity contribution < 1.29 is 31.6 Å². The molecule has 2 N–H and O–H groups in total. The number of amides is 1. The third-order valence-corrected chi connectivity index (χ3v) is 6.62. The number of carbonyl (C=O) groups excluding carboxylic acids is 1. The monoisotopic (exact) mass is 521 g/mol. The zero-order valence-corrected chi connectivity index (χ0v) is 20.3. The molecule has 1 unspecified atom stereocenters. The third kappa shape index (κ3) is 5.40. The fraction of sp³-hybridized carbons (Fsp3) is 0.304. The van der Waals surface area contributed by atoms with Crippen LogP contribution < -0.4 is 14.8 Å². The summed E-state index contributed by atoms with van der Waals surface area (Å²) in [6.07, 6.45) is -1.66. The molecular formula is C23H22F3N5O4S. The molecule has 0 aliphatic heterocycles. The van der Waals surface area contributed by atoms with Crippen LogP contribution in [0.3, 0.4) is 0 Å². The Hall–Kier alpha value is -3.74. The zero-order valence-electron chi connectivity index (χ0n) is 19.5. The highest BCUT2D eigenvalue weighted by molar-refractivity contribution is 7.91. The summed E-state index contributed by atoms with van der Waals surface area (Å²) in [6, 6.07) is 8.94. The number of ether oxygens (including phenoxy) is 2. The zero-order chi connectivity index (χ0) is 26.3. The van der Waals surface area contributed by atoms with E-state index in [4.69, 9.17) is 14.3 Å². The van der Waals surface area contributed by atoms with Gasteiger partial charge in [0.2, 0.25) is 0 Å². The molecule has 1 aliphatic rings. The first-order chi connectivity index (χ1) is 16.9. The predicted octanol–water partition coefficient (Wildman–Crippen LogP) is 5.16. The van der Waals surface area contributed by atoms with Crippen molar-refractivity contribution in [2.45, 2.75) is 36.8 Å². The van der Waals surface area contributed by atoms with Gasteiger partial charge in [0.1, 0.15) is 5.56 Å². The standard InChI is InChI=1S/C23H22F3N5O4S/c1-12-18(20(32)28-14-5-4-6-15(11-14)36(3,27)33)22(31-30-19(12)23(24,25)26)35-17-10-9-16(13-7-8-13)29-21(17)34-2/h4-6,9-11,13,27H,7-8H2,1-3H3,(H,28,32). The Balaban J connectivity index is 1.75. The molecule has 1 aliphatic carbocycles. The van der Waals surface area contributed by atoms with Gasteiger partial charge in [0.05, 0.1) is 16.8 Å². The third-order valence-electron chi connectivity index (χ3n) is 5.46. The van der Waals surface area contributed by atoms with E-state index in [0.717, 1.165) is 25.5 Å². The van der Waals surface area contributed by atoms with E-state index >= 15 is 0 Å². The van der Waals surface area contributed by atoms with Crippen molar-refractivity contribution >= 4 is 21.3 Å². The Labute approximate surface area is 205 Å². The van der Waals surface area contributed by atoms with E-state index in [-0.39, 0.29) is 22.2 Å². The largest absolute Gasteiger partial charge is 0.478 e. The molecule has 0 radical (unpaired) electrons. The molecule has 36 heavy (non-hydrogen) atoms. The van der Waals surface area contributed by atoms with E-state index < -0.39 is 44.5 Å². The highest BCUT2D eigenvalue weighted by Gasteiger charge is 2.38. The van der Waals surface area contributed by atoms with Gasteiger partial charge < -0.3 is 14.8 Å². The summed E-state index contributed by atoms with van der Waals surface area (Å²) in [5.41, 5.74) is -1.41. The van der Waals surface area contributed by atoms with Gasteiger partial charge in [-0.1, -0.05) is 6.07 Å². The summed E-state index contributed by atoms with van der Waals surface area (Å²) in [5.74, 6) is -0.987. The number of methoxy groups -OCH3 is 1. The molecule has 0 bridgehead atoms. The van der Waals surface area contributed by atoms with Gasteiger partial charge in [0.15, 0.2) is 11.4 Å². The summed E-state index contributed by atoms with van der Waals surface area (Å²) < 4.78 is 71.4. The lowest BCUT2D eigenvalue weighted by Crippen LogP contribution is -2.21. The lowest BCUT2D eigenvalue weighted by molar-refractivity contribution is -0.142.